The van der Waals surface area contributed by atoms with Gasteiger partial charge in [0.1, 0.15) is 0 Å². The largest absolute Gasteiger partial charge is 1.00 e. The fourth-order valence-electron chi connectivity index (χ4n) is 5.32. The van der Waals surface area contributed by atoms with Crippen LogP contribution in [0.1, 0.15) is 44.1 Å². The third kappa shape index (κ3) is 2.48. The fourth-order valence-corrected chi connectivity index (χ4v) is 5.32. The van der Waals surface area contributed by atoms with Crippen molar-refractivity contribution in [2.75, 3.05) is 7.11 Å². The van der Waals surface area contributed by atoms with E-state index in [4.69, 9.17) is 4.74 Å². The monoisotopic (exact) mass is 280 g/mol. The molecule has 4 fully saturated rings. The fraction of sp³-hybridized carbons (Fsp3) is 0.647. The Labute approximate surface area is 158 Å². The second-order valence-electron chi connectivity index (χ2n) is 6.84. The van der Waals surface area contributed by atoms with Crippen LogP contribution in [0, 0.1) is 23.8 Å². The van der Waals surface area contributed by atoms with Gasteiger partial charge in [0.05, 0.1) is 7.11 Å². The summed E-state index contributed by atoms with van der Waals surface area (Å²) in [6, 6.07) is 9.83. The first-order chi connectivity index (χ1) is 8.77. The second kappa shape index (κ2) is 5.45. The van der Waals surface area contributed by atoms with Crippen LogP contribution in [0.15, 0.2) is 18.2 Å². The van der Waals surface area contributed by atoms with Gasteiger partial charge in [-0.15, -0.1) is 12.1 Å². The van der Waals surface area contributed by atoms with Crippen molar-refractivity contribution in [1.82, 2.24) is 0 Å². The average Bonchev–Trinajstić information content (AvgIpc) is 2.37. The molecule has 1 aromatic carbocycles. The van der Waals surface area contributed by atoms with Gasteiger partial charge >= 0.3 is 51.4 Å². The molecule has 0 heterocycles. The third-order valence-corrected chi connectivity index (χ3v) is 5.62. The molecule has 0 saturated heterocycles. The Morgan fingerprint density at radius 2 is 1.68 bits per heavy atom. The third-order valence-electron chi connectivity index (χ3n) is 5.62. The first-order valence-electron chi connectivity index (χ1n) is 7.34. The molecule has 4 bridgehead atoms. The van der Waals surface area contributed by atoms with Gasteiger partial charge in [0, 0.05) is 5.75 Å². The molecule has 96 valence electrons. The molecular weight excluding hydrogens is 259 g/mol. The van der Waals surface area contributed by atoms with Gasteiger partial charge in [-0.3, -0.25) is 0 Å². The summed E-state index contributed by atoms with van der Waals surface area (Å²) in [5.41, 5.74) is 1.88. The quantitative estimate of drug-likeness (QED) is 0.579. The van der Waals surface area contributed by atoms with E-state index < -0.39 is 0 Å². The van der Waals surface area contributed by atoms with E-state index in [1.807, 2.05) is 12.1 Å². The summed E-state index contributed by atoms with van der Waals surface area (Å²) in [6.45, 7) is 0. The molecule has 5 rings (SSSR count). The van der Waals surface area contributed by atoms with Gasteiger partial charge in [0.25, 0.3) is 0 Å². The minimum absolute atomic E-state index is 0. The van der Waals surface area contributed by atoms with Crippen LogP contribution in [0.25, 0.3) is 0 Å². The Kier molecular flexibility index (Phi) is 4.19. The molecule has 0 amide bonds. The van der Waals surface area contributed by atoms with E-state index in [9.17, 15) is 0 Å². The maximum atomic E-state index is 5.40. The van der Waals surface area contributed by atoms with Gasteiger partial charge in [0.2, 0.25) is 0 Å². The molecule has 0 unspecified atom stereocenters. The van der Waals surface area contributed by atoms with Crippen molar-refractivity contribution in [3.8, 4) is 5.75 Å². The Bertz CT molecular complexity index is 433. The Hall–Kier alpha value is 0.656. The zero-order valence-electron chi connectivity index (χ0n) is 12.1. The molecule has 4 aliphatic rings. The van der Waals surface area contributed by atoms with Crippen molar-refractivity contribution in [3.63, 3.8) is 0 Å². The van der Waals surface area contributed by atoms with Crippen LogP contribution in [0.2, 0.25) is 0 Å². The standard InChI is InChI=1S/C17H21O.K/c1-18-16-4-2-3-15(8-16)17-9-12-5-13(10-17)7-14(6-12)11-17;/h2,4,8,12-14H,5-7,9-11H2,1H3;/q-1;+1. The number of rotatable bonds is 2. The van der Waals surface area contributed by atoms with E-state index in [0.29, 0.717) is 5.41 Å². The molecule has 1 nitrogen and oxygen atoms in total. The molecule has 0 atom stereocenters. The molecule has 4 saturated carbocycles. The number of ether oxygens (including phenoxy) is 1. The minimum Gasteiger partial charge on any atom is -0.522 e. The average molecular weight is 280 g/mol. The van der Waals surface area contributed by atoms with Crippen LogP contribution in [0.5, 0.6) is 5.75 Å². The number of methoxy groups -OCH3 is 1. The SMILES string of the molecule is COc1cc[c-]c(C23CC4CC(CC(C4)C2)C3)c1.[K+]. The van der Waals surface area contributed by atoms with E-state index in [1.54, 1.807) is 7.11 Å². The van der Waals surface area contributed by atoms with Crippen LogP contribution in [0.4, 0.5) is 0 Å². The number of hydrogen-bond donors (Lipinski definition) is 0. The van der Waals surface area contributed by atoms with E-state index >= 15 is 0 Å². The van der Waals surface area contributed by atoms with Crippen LogP contribution < -0.4 is 56.1 Å². The van der Waals surface area contributed by atoms with Gasteiger partial charge < -0.3 is 4.74 Å². The first kappa shape index (κ1) is 14.6. The van der Waals surface area contributed by atoms with Crippen molar-refractivity contribution in [2.24, 2.45) is 17.8 Å². The van der Waals surface area contributed by atoms with Crippen molar-refractivity contribution in [2.45, 2.75) is 43.9 Å². The Balaban J connectivity index is 0.00000110. The molecule has 0 radical (unpaired) electrons. The van der Waals surface area contributed by atoms with E-state index in [1.165, 1.54) is 44.1 Å². The Morgan fingerprint density at radius 3 is 2.21 bits per heavy atom. The zero-order chi connectivity index (χ0) is 12.2. The Morgan fingerprint density at radius 1 is 1.11 bits per heavy atom. The van der Waals surface area contributed by atoms with Crippen LogP contribution in [-0.4, -0.2) is 7.11 Å². The van der Waals surface area contributed by atoms with Gasteiger partial charge in [-0.05, 0) is 61.7 Å². The van der Waals surface area contributed by atoms with E-state index in [-0.39, 0.29) is 51.4 Å². The molecule has 0 spiro atoms. The van der Waals surface area contributed by atoms with Crippen molar-refractivity contribution in [3.05, 3.63) is 29.8 Å². The first-order valence-corrected chi connectivity index (χ1v) is 7.34. The summed E-state index contributed by atoms with van der Waals surface area (Å²) in [6.07, 6.45) is 8.73. The van der Waals surface area contributed by atoms with Gasteiger partial charge in [0.15, 0.2) is 0 Å². The maximum Gasteiger partial charge on any atom is 1.00 e. The molecule has 1 aromatic rings. The predicted molar refractivity (Wildman–Crippen MR) is 71.7 cm³/mol. The molecule has 0 aromatic heterocycles. The van der Waals surface area contributed by atoms with Crippen LogP contribution in [-0.2, 0) is 5.41 Å². The molecule has 2 heteroatoms. The second-order valence-corrected chi connectivity index (χ2v) is 6.84. The predicted octanol–water partition coefficient (Wildman–Crippen LogP) is 0.967. The van der Waals surface area contributed by atoms with Gasteiger partial charge in [-0.25, -0.2) is 0 Å². The van der Waals surface area contributed by atoms with Crippen molar-refractivity contribution in [1.29, 1.82) is 0 Å². The molecular formula is C17H21KO. The summed E-state index contributed by atoms with van der Waals surface area (Å²) in [7, 11) is 1.76. The van der Waals surface area contributed by atoms with E-state index in [0.717, 1.165) is 23.5 Å². The van der Waals surface area contributed by atoms with Crippen LogP contribution in [0.3, 0.4) is 0 Å². The summed E-state index contributed by atoms with van der Waals surface area (Å²) in [5.74, 6) is 3.99. The van der Waals surface area contributed by atoms with Gasteiger partial charge in [-0.1, -0.05) is 0 Å². The molecule has 4 aliphatic carbocycles. The van der Waals surface area contributed by atoms with Crippen molar-refractivity contribution < 1.29 is 56.1 Å². The molecule has 19 heavy (non-hydrogen) atoms. The maximum absolute atomic E-state index is 5.40. The summed E-state index contributed by atoms with van der Waals surface area (Å²) in [5, 5.41) is 0. The summed E-state index contributed by atoms with van der Waals surface area (Å²) < 4.78 is 5.40. The van der Waals surface area contributed by atoms with E-state index in [2.05, 4.69) is 12.1 Å². The summed E-state index contributed by atoms with van der Waals surface area (Å²) in [4.78, 5) is 0. The normalized spacial score (nSPS) is 38.9. The summed E-state index contributed by atoms with van der Waals surface area (Å²) >= 11 is 0. The molecule has 0 N–H and O–H groups in total. The zero-order valence-corrected chi connectivity index (χ0v) is 15.2. The number of hydrogen-bond acceptors (Lipinski definition) is 1. The minimum atomic E-state index is 0. The number of benzene rings is 1. The topological polar surface area (TPSA) is 9.23 Å². The van der Waals surface area contributed by atoms with Crippen LogP contribution >= 0.6 is 0 Å². The smallest absolute Gasteiger partial charge is 0.522 e. The molecule has 0 aliphatic heterocycles. The van der Waals surface area contributed by atoms with Crippen molar-refractivity contribution >= 4 is 0 Å². The van der Waals surface area contributed by atoms with Gasteiger partial charge in [-0.2, -0.15) is 17.7 Å².